The van der Waals surface area contributed by atoms with Crippen molar-refractivity contribution >= 4 is 6.03 Å². The summed E-state index contributed by atoms with van der Waals surface area (Å²) in [6.45, 7) is 4.78. The molecule has 0 aliphatic heterocycles. The van der Waals surface area contributed by atoms with E-state index in [-0.39, 0.29) is 12.1 Å². The van der Waals surface area contributed by atoms with Crippen LogP contribution in [0.3, 0.4) is 0 Å². The van der Waals surface area contributed by atoms with Gasteiger partial charge >= 0.3 is 6.03 Å². The highest BCUT2D eigenvalue weighted by Gasteiger charge is 2.08. The van der Waals surface area contributed by atoms with Gasteiger partial charge in [0.05, 0.1) is 13.2 Å². The van der Waals surface area contributed by atoms with Crippen molar-refractivity contribution in [2.24, 2.45) is 0 Å². The Hall–Kier alpha value is -1.71. The molecule has 18 heavy (non-hydrogen) atoms. The highest BCUT2D eigenvalue weighted by Crippen LogP contribution is 2.16. The summed E-state index contributed by atoms with van der Waals surface area (Å²) in [6.07, 6.45) is 2.08. The summed E-state index contributed by atoms with van der Waals surface area (Å²) in [7, 11) is 1.64. The average molecular weight is 250 g/mol. The van der Waals surface area contributed by atoms with Crippen LogP contribution in [0.2, 0.25) is 0 Å². The van der Waals surface area contributed by atoms with Crippen molar-refractivity contribution in [2.45, 2.75) is 32.7 Å². The van der Waals surface area contributed by atoms with Crippen molar-refractivity contribution in [2.75, 3.05) is 13.7 Å². The molecule has 0 heterocycles. The minimum absolute atomic E-state index is 0.0162. The smallest absolute Gasteiger partial charge is 0.315 e. The Morgan fingerprint density at radius 3 is 2.56 bits per heavy atom. The third-order valence-corrected chi connectivity index (χ3v) is 2.78. The first-order chi connectivity index (χ1) is 8.67. The summed E-state index contributed by atoms with van der Waals surface area (Å²) in [5, 5.41) is 5.73. The molecule has 2 N–H and O–H groups in total. The van der Waals surface area contributed by atoms with Crippen molar-refractivity contribution in [3.8, 4) is 5.75 Å². The molecule has 1 rings (SSSR count). The quantitative estimate of drug-likeness (QED) is 0.763. The molecule has 0 bridgehead atoms. The molecular formula is C14H22N2O2. The number of carbonyl (C=O) groups is 1. The Bertz CT molecular complexity index is 363. The number of unbranched alkanes of at least 4 members (excludes halogenated alkanes) is 1. The lowest BCUT2D eigenvalue weighted by atomic mass is 10.1. The van der Waals surface area contributed by atoms with Gasteiger partial charge in [0.25, 0.3) is 0 Å². The standard InChI is InChI=1S/C14H22N2O2/c1-4-5-10-15-14(17)16-11(2)12-6-8-13(18-3)9-7-12/h6-9,11H,4-5,10H2,1-3H3,(H2,15,16,17). The number of carbonyl (C=O) groups excluding carboxylic acids is 1. The fourth-order valence-corrected chi connectivity index (χ4v) is 1.60. The summed E-state index contributed by atoms with van der Waals surface area (Å²) in [5.74, 6) is 0.818. The van der Waals surface area contributed by atoms with E-state index in [2.05, 4.69) is 17.6 Å². The fourth-order valence-electron chi connectivity index (χ4n) is 1.60. The molecule has 0 fully saturated rings. The Labute approximate surface area is 109 Å². The molecule has 0 radical (unpaired) electrons. The van der Waals surface area contributed by atoms with Crippen LogP contribution in [0.5, 0.6) is 5.75 Å². The number of amides is 2. The number of hydrogen-bond donors (Lipinski definition) is 2. The van der Waals surface area contributed by atoms with Gasteiger partial charge in [-0.3, -0.25) is 0 Å². The van der Waals surface area contributed by atoms with Crippen LogP contribution >= 0.6 is 0 Å². The van der Waals surface area contributed by atoms with Gasteiger partial charge < -0.3 is 15.4 Å². The van der Waals surface area contributed by atoms with Crippen molar-refractivity contribution < 1.29 is 9.53 Å². The molecule has 0 aliphatic carbocycles. The normalized spacial score (nSPS) is 11.7. The molecular weight excluding hydrogens is 228 g/mol. The van der Waals surface area contributed by atoms with Crippen molar-refractivity contribution in [1.29, 1.82) is 0 Å². The first-order valence-corrected chi connectivity index (χ1v) is 6.35. The first kappa shape index (κ1) is 14.4. The molecule has 0 spiro atoms. The van der Waals surface area contributed by atoms with Crippen LogP contribution in [-0.4, -0.2) is 19.7 Å². The topological polar surface area (TPSA) is 50.4 Å². The average Bonchev–Trinajstić information content (AvgIpc) is 2.39. The minimum Gasteiger partial charge on any atom is -0.497 e. The predicted octanol–water partition coefficient (Wildman–Crippen LogP) is 2.86. The van der Waals surface area contributed by atoms with Crippen molar-refractivity contribution in [3.63, 3.8) is 0 Å². The lowest BCUT2D eigenvalue weighted by Gasteiger charge is -2.15. The molecule has 1 atom stereocenters. The Morgan fingerprint density at radius 2 is 2.00 bits per heavy atom. The molecule has 0 saturated heterocycles. The Kier molecular flexibility index (Phi) is 6.05. The lowest BCUT2D eigenvalue weighted by molar-refractivity contribution is 0.238. The summed E-state index contributed by atoms with van der Waals surface area (Å²) in [5.41, 5.74) is 1.06. The summed E-state index contributed by atoms with van der Waals surface area (Å²) in [4.78, 5) is 11.6. The summed E-state index contributed by atoms with van der Waals surface area (Å²) in [6, 6.07) is 7.56. The van der Waals surface area contributed by atoms with Gasteiger partial charge in [0.2, 0.25) is 0 Å². The van der Waals surface area contributed by atoms with Crippen LogP contribution in [0, 0.1) is 0 Å². The van der Waals surface area contributed by atoms with E-state index in [4.69, 9.17) is 4.74 Å². The van der Waals surface area contributed by atoms with E-state index in [1.807, 2.05) is 31.2 Å². The van der Waals surface area contributed by atoms with E-state index in [0.29, 0.717) is 0 Å². The maximum atomic E-state index is 11.6. The SMILES string of the molecule is CCCCNC(=O)NC(C)c1ccc(OC)cc1. The van der Waals surface area contributed by atoms with E-state index in [9.17, 15) is 4.79 Å². The fraction of sp³-hybridized carbons (Fsp3) is 0.500. The van der Waals surface area contributed by atoms with E-state index >= 15 is 0 Å². The van der Waals surface area contributed by atoms with E-state index < -0.39 is 0 Å². The maximum Gasteiger partial charge on any atom is 0.315 e. The van der Waals surface area contributed by atoms with Crippen LogP contribution in [0.25, 0.3) is 0 Å². The van der Waals surface area contributed by atoms with Gasteiger partial charge in [0.1, 0.15) is 5.75 Å². The molecule has 100 valence electrons. The third-order valence-electron chi connectivity index (χ3n) is 2.78. The molecule has 4 nitrogen and oxygen atoms in total. The van der Waals surface area contributed by atoms with Crippen molar-refractivity contribution in [1.82, 2.24) is 10.6 Å². The lowest BCUT2D eigenvalue weighted by Crippen LogP contribution is -2.37. The molecule has 4 heteroatoms. The van der Waals surface area contributed by atoms with E-state index in [1.54, 1.807) is 7.11 Å². The second-order valence-electron chi connectivity index (χ2n) is 4.25. The van der Waals surface area contributed by atoms with E-state index in [0.717, 1.165) is 30.7 Å². The number of nitrogens with one attached hydrogen (secondary N) is 2. The number of methoxy groups -OCH3 is 1. The number of ether oxygens (including phenoxy) is 1. The van der Waals surface area contributed by atoms with Gasteiger partial charge in [-0.2, -0.15) is 0 Å². The molecule has 0 aliphatic rings. The zero-order valence-corrected chi connectivity index (χ0v) is 11.3. The van der Waals surface area contributed by atoms with Gasteiger partial charge in [-0.1, -0.05) is 25.5 Å². The predicted molar refractivity (Wildman–Crippen MR) is 72.9 cm³/mol. The van der Waals surface area contributed by atoms with Crippen molar-refractivity contribution in [3.05, 3.63) is 29.8 Å². The van der Waals surface area contributed by atoms with Gasteiger partial charge in [-0.25, -0.2) is 4.79 Å². The number of hydrogen-bond acceptors (Lipinski definition) is 2. The van der Waals surface area contributed by atoms with Gasteiger partial charge in [-0.05, 0) is 31.0 Å². The van der Waals surface area contributed by atoms with Crippen LogP contribution in [0.15, 0.2) is 24.3 Å². The molecule has 0 aromatic heterocycles. The van der Waals surface area contributed by atoms with Crippen LogP contribution in [-0.2, 0) is 0 Å². The first-order valence-electron chi connectivity index (χ1n) is 6.35. The second-order valence-corrected chi connectivity index (χ2v) is 4.25. The molecule has 1 unspecified atom stereocenters. The van der Waals surface area contributed by atoms with Gasteiger partial charge in [0.15, 0.2) is 0 Å². The second kappa shape index (κ2) is 7.58. The highest BCUT2D eigenvalue weighted by atomic mass is 16.5. The van der Waals surface area contributed by atoms with Crippen LogP contribution in [0.4, 0.5) is 4.79 Å². The third kappa shape index (κ3) is 4.65. The Balaban J connectivity index is 2.43. The van der Waals surface area contributed by atoms with Gasteiger partial charge in [0, 0.05) is 6.54 Å². The zero-order chi connectivity index (χ0) is 13.4. The highest BCUT2D eigenvalue weighted by molar-refractivity contribution is 5.74. The molecule has 1 aromatic carbocycles. The summed E-state index contributed by atoms with van der Waals surface area (Å²) >= 11 is 0. The number of benzene rings is 1. The van der Waals surface area contributed by atoms with Gasteiger partial charge in [-0.15, -0.1) is 0 Å². The van der Waals surface area contributed by atoms with Crippen LogP contribution < -0.4 is 15.4 Å². The number of urea groups is 1. The molecule has 2 amide bonds. The number of rotatable bonds is 6. The monoisotopic (exact) mass is 250 g/mol. The summed E-state index contributed by atoms with van der Waals surface area (Å²) < 4.78 is 5.10. The molecule has 0 saturated carbocycles. The van der Waals surface area contributed by atoms with E-state index in [1.165, 1.54) is 0 Å². The zero-order valence-electron chi connectivity index (χ0n) is 11.3. The minimum atomic E-state index is -0.119. The van der Waals surface area contributed by atoms with Crippen LogP contribution in [0.1, 0.15) is 38.3 Å². The maximum absolute atomic E-state index is 11.6. The molecule has 1 aromatic rings. The Morgan fingerprint density at radius 1 is 1.33 bits per heavy atom. The largest absolute Gasteiger partial charge is 0.497 e.